The lowest BCUT2D eigenvalue weighted by molar-refractivity contribution is 0.197. The third-order valence-corrected chi connectivity index (χ3v) is 3.56. The molecule has 0 heterocycles. The van der Waals surface area contributed by atoms with Crippen molar-refractivity contribution in [3.05, 3.63) is 33.8 Å². The molecule has 0 saturated heterocycles. The number of rotatable bonds is 8. The van der Waals surface area contributed by atoms with E-state index in [4.69, 9.17) is 27.9 Å². The van der Waals surface area contributed by atoms with E-state index in [2.05, 4.69) is 15.6 Å². The molecular formula is C15H24Cl2IN3O. The molecule has 1 aromatic rings. The van der Waals surface area contributed by atoms with Crippen LogP contribution >= 0.6 is 47.2 Å². The highest BCUT2D eigenvalue weighted by Crippen LogP contribution is 2.24. The molecule has 2 N–H and O–H groups in total. The second-order valence-corrected chi connectivity index (χ2v) is 5.30. The van der Waals surface area contributed by atoms with E-state index in [0.29, 0.717) is 10.0 Å². The smallest absolute Gasteiger partial charge is 0.191 e. The Morgan fingerprint density at radius 2 is 1.91 bits per heavy atom. The molecule has 0 spiro atoms. The van der Waals surface area contributed by atoms with Crippen LogP contribution in [0.2, 0.25) is 10.0 Å². The predicted octanol–water partition coefficient (Wildman–Crippen LogP) is 3.75. The summed E-state index contributed by atoms with van der Waals surface area (Å²) in [4.78, 5) is 4.48. The minimum atomic E-state index is 0. The average molecular weight is 460 g/mol. The van der Waals surface area contributed by atoms with Gasteiger partial charge in [-0.1, -0.05) is 29.3 Å². The normalized spacial score (nSPS) is 11.0. The maximum Gasteiger partial charge on any atom is 0.191 e. The minimum Gasteiger partial charge on any atom is -0.385 e. The van der Waals surface area contributed by atoms with E-state index in [1.165, 1.54) is 0 Å². The molecule has 0 saturated carbocycles. The fourth-order valence-electron chi connectivity index (χ4n) is 1.82. The van der Waals surface area contributed by atoms with Crippen molar-refractivity contribution in [2.24, 2.45) is 4.99 Å². The highest BCUT2D eigenvalue weighted by Gasteiger charge is 2.05. The zero-order chi connectivity index (χ0) is 15.5. The molecule has 1 rings (SSSR count). The van der Waals surface area contributed by atoms with Crippen molar-refractivity contribution < 1.29 is 4.74 Å². The summed E-state index contributed by atoms with van der Waals surface area (Å²) in [5.41, 5.74) is 0.962. The first-order valence-corrected chi connectivity index (χ1v) is 7.88. The third-order valence-electron chi connectivity index (χ3n) is 2.85. The Bertz CT molecular complexity index is 438. The quantitative estimate of drug-likeness (QED) is 0.269. The number of guanidine groups is 1. The van der Waals surface area contributed by atoms with E-state index in [1.807, 2.05) is 25.1 Å². The van der Waals surface area contributed by atoms with Gasteiger partial charge in [0.1, 0.15) is 0 Å². The van der Waals surface area contributed by atoms with Gasteiger partial charge in [-0.2, -0.15) is 0 Å². The maximum absolute atomic E-state index is 6.15. The lowest BCUT2D eigenvalue weighted by Crippen LogP contribution is -2.38. The van der Waals surface area contributed by atoms with E-state index in [1.54, 1.807) is 7.11 Å². The zero-order valence-electron chi connectivity index (χ0n) is 13.0. The van der Waals surface area contributed by atoms with Gasteiger partial charge in [0.25, 0.3) is 0 Å². The van der Waals surface area contributed by atoms with Crippen LogP contribution in [0.15, 0.2) is 23.2 Å². The van der Waals surface area contributed by atoms with Crippen LogP contribution in [0.4, 0.5) is 0 Å². The Morgan fingerprint density at radius 3 is 2.50 bits per heavy atom. The highest BCUT2D eigenvalue weighted by atomic mass is 127. The van der Waals surface area contributed by atoms with Gasteiger partial charge in [0.2, 0.25) is 0 Å². The van der Waals surface area contributed by atoms with Gasteiger partial charge in [0.15, 0.2) is 5.96 Å². The van der Waals surface area contributed by atoms with Gasteiger partial charge in [-0.15, -0.1) is 24.0 Å². The standard InChI is InChI=1S/C15H23Cl2N3O.HI/c1-3-18-15(19-9-5-11-21-2)20-10-8-12-13(16)6-4-7-14(12)17;/h4,6-7H,3,5,8-11H2,1-2H3,(H2,18,19,20);1H. The number of hydrogen-bond donors (Lipinski definition) is 2. The molecule has 0 aliphatic carbocycles. The lowest BCUT2D eigenvalue weighted by atomic mass is 10.1. The van der Waals surface area contributed by atoms with Crippen LogP contribution in [0, 0.1) is 0 Å². The SMILES string of the molecule is CCNC(=NCCCOC)NCCc1c(Cl)cccc1Cl.I. The summed E-state index contributed by atoms with van der Waals surface area (Å²) in [7, 11) is 1.69. The predicted molar refractivity (Wildman–Crippen MR) is 106 cm³/mol. The molecule has 126 valence electrons. The van der Waals surface area contributed by atoms with Crippen molar-refractivity contribution in [2.45, 2.75) is 19.8 Å². The summed E-state index contributed by atoms with van der Waals surface area (Å²) >= 11 is 12.3. The molecule has 0 unspecified atom stereocenters. The van der Waals surface area contributed by atoms with E-state index in [9.17, 15) is 0 Å². The van der Waals surface area contributed by atoms with E-state index in [0.717, 1.165) is 50.6 Å². The number of aliphatic imine (C=N–C) groups is 1. The van der Waals surface area contributed by atoms with Gasteiger partial charge < -0.3 is 15.4 Å². The monoisotopic (exact) mass is 459 g/mol. The van der Waals surface area contributed by atoms with Crippen molar-refractivity contribution in [1.82, 2.24) is 10.6 Å². The summed E-state index contributed by atoms with van der Waals surface area (Å²) in [6.07, 6.45) is 1.66. The van der Waals surface area contributed by atoms with Gasteiger partial charge in [-0.05, 0) is 37.5 Å². The van der Waals surface area contributed by atoms with Crippen molar-refractivity contribution in [2.75, 3.05) is 33.4 Å². The molecule has 0 fully saturated rings. The molecule has 0 amide bonds. The highest BCUT2D eigenvalue weighted by molar-refractivity contribution is 14.0. The number of ether oxygens (including phenoxy) is 1. The lowest BCUT2D eigenvalue weighted by Gasteiger charge is -2.12. The number of methoxy groups -OCH3 is 1. The van der Waals surface area contributed by atoms with Crippen LogP contribution in [0.3, 0.4) is 0 Å². The Balaban J connectivity index is 0.00000441. The molecule has 4 nitrogen and oxygen atoms in total. The van der Waals surface area contributed by atoms with Crippen LogP contribution in [0.1, 0.15) is 18.9 Å². The summed E-state index contributed by atoms with van der Waals surface area (Å²) < 4.78 is 5.01. The fourth-order valence-corrected chi connectivity index (χ4v) is 2.40. The van der Waals surface area contributed by atoms with Gasteiger partial charge >= 0.3 is 0 Å². The van der Waals surface area contributed by atoms with Gasteiger partial charge in [-0.25, -0.2) is 0 Å². The molecule has 7 heteroatoms. The first-order valence-electron chi connectivity index (χ1n) is 7.13. The second-order valence-electron chi connectivity index (χ2n) is 4.48. The van der Waals surface area contributed by atoms with Gasteiger partial charge in [-0.3, -0.25) is 4.99 Å². The molecule has 22 heavy (non-hydrogen) atoms. The minimum absolute atomic E-state index is 0. The van der Waals surface area contributed by atoms with Crippen LogP contribution in [-0.2, 0) is 11.2 Å². The first-order chi connectivity index (χ1) is 10.2. The third kappa shape index (κ3) is 8.41. The molecule has 1 aromatic carbocycles. The molecule has 0 atom stereocenters. The number of nitrogens with zero attached hydrogens (tertiary/aromatic N) is 1. The Hall–Kier alpha value is -0.240. The topological polar surface area (TPSA) is 45.7 Å². The van der Waals surface area contributed by atoms with Crippen molar-refractivity contribution in [3.8, 4) is 0 Å². The van der Waals surface area contributed by atoms with Crippen molar-refractivity contribution in [3.63, 3.8) is 0 Å². The van der Waals surface area contributed by atoms with Crippen LogP contribution in [0.5, 0.6) is 0 Å². The first kappa shape index (κ1) is 21.8. The Labute approximate surface area is 160 Å². The van der Waals surface area contributed by atoms with Crippen molar-refractivity contribution >= 4 is 53.1 Å². The molecule has 0 aliphatic rings. The number of benzene rings is 1. The van der Waals surface area contributed by atoms with Crippen LogP contribution < -0.4 is 10.6 Å². The molecular weight excluding hydrogens is 436 g/mol. The molecule has 0 aliphatic heterocycles. The van der Waals surface area contributed by atoms with Gasteiger partial charge in [0, 0.05) is 43.4 Å². The van der Waals surface area contributed by atoms with Crippen molar-refractivity contribution in [1.29, 1.82) is 0 Å². The van der Waals surface area contributed by atoms with E-state index < -0.39 is 0 Å². The van der Waals surface area contributed by atoms with E-state index in [-0.39, 0.29) is 24.0 Å². The summed E-state index contributed by atoms with van der Waals surface area (Å²) in [6.45, 7) is 5.04. The zero-order valence-corrected chi connectivity index (χ0v) is 16.8. The second kappa shape index (κ2) is 13.2. The summed E-state index contributed by atoms with van der Waals surface area (Å²) in [5, 5.41) is 7.89. The largest absolute Gasteiger partial charge is 0.385 e. The number of hydrogen-bond acceptors (Lipinski definition) is 2. The summed E-state index contributed by atoms with van der Waals surface area (Å²) in [6, 6.07) is 5.56. The molecule has 0 aromatic heterocycles. The number of nitrogens with one attached hydrogen (secondary N) is 2. The summed E-state index contributed by atoms with van der Waals surface area (Å²) in [5.74, 6) is 0.803. The fraction of sp³-hybridized carbons (Fsp3) is 0.533. The average Bonchev–Trinajstić information content (AvgIpc) is 2.46. The molecule has 0 bridgehead atoms. The van der Waals surface area contributed by atoms with Crippen LogP contribution in [0.25, 0.3) is 0 Å². The van der Waals surface area contributed by atoms with Gasteiger partial charge in [0.05, 0.1) is 0 Å². The Morgan fingerprint density at radius 1 is 1.23 bits per heavy atom. The molecule has 0 radical (unpaired) electrons. The maximum atomic E-state index is 6.15. The van der Waals surface area contributed by atoms with Crippen LogP contribution in [-0.4, -0.2) is 39.3 Å². The van der Waals surface area contributed by atoms with E-state index >= 15 is 0 Å². The Kier molecular flexibility index (Phi) is 13.1. The number of halogens is 3.